The van der Waals surface area contributed by atoms with Crippen LogP contribution in [-0.4, -0.2) is 29.7 Å². The molecular formula is C15H20N2O. The van der Waals surface area contributed by atoms with Crippen molar-refractivity contribution >= 4 is 0 Å². The number of nitrogens with zero attached hydrogens (tertiary/aromatic N) is 2. The zero-order valence-electron chi connectivity index (χ0n) is 11.1. The summed E-state index contributed by atoms with van der Waals surface area (Å²) in [5.41, 5.74) is 2.03. The number of aromatic nitrogens is 1. The molecule has 2 rings (SSSR count). The Morgan fingerprint density at radius 3 is 2.50 bits per heavy atom. The summed E-state index contributed by atoms with van der Waals surface area (Å²) < 4.78 is 5.38. The molecule has 0 spiro atoms. The average molecular weight is 244 g/mol. The predicted octanol–water partition coefficient (Wildman–Crippen LogP) is 3.23. The van der Waals surface area contributed by atoms with E-state index in [0.29, 0.717) is 0 Å². The monoisotopic (exact) mass is 244 g/mol. The molecule has 0 amide bonds. The summed E-state index contributed by atoms with van der Waals surface area (Å²) >= 11 is 0. The predicted molar refractivity (Wildman–Crippen MR) is 73.4 cm³/mol. The van der Waals surface area contributed by atoms with E-state index < -0.39 is 0 Å². The van der Waals surface area contributed by atoms with Crippen LogP contribution in [0.25, 0.3) is 11.3 Å². The standard InChI is InChI=1S/C15H20N2O/c1-3-17(4-2)11-10-14-12-15(16-18-14)13-8-6-5-7-9-13/h5-9,12H,3-4,10-11H2,1-2H3. The Morgan fingerprint density at radius 2 is 1.83 bits per heavy atom. The molecule has 0 unspecified atom stereocenters. The van der Waals surface area contributed by atoms with Crippen LogP contribution in [0.15, 0.2) is 40.9 Å². The van der Waals surface area contributed by atoms with Crippen LogP contribution in [0.5, 0.6) is 0 Å². The fourth-order valence-electron chi connectivity index (χ4n) is 1.98. The molecule has 0 aliphatic heterocycles. The van der Waals surface area contributed by atoms with Crippen molar-refractivity contribution < 1.29 is 4.52 Å². The quantitative estimate of drug-likeness (QED) is 0.781. The van der Waals surface area contributed by atoms with Crippen LogP contribution in [-0.2, 0) is 6.42 Å². The van der Waals surface area contributed by atoms with Crippen LogP contribution in [0, 0.1) is 0 Å². The largest absolute Gasteiger partial charge is 0.361 e. The summed E-state index contributed by atoms with van der Waals surface area (Å²) in [5.74, 6) is 0.959. The van der Waals surface area contributed by atoms with Crippen molar-refractivity contribution in [3.63, 3.8) is 0 Å². The van der Waals surface area contributed by atoms with E-state index in [1.54, 1.807) is 0 Å². The lowest BCUT2D eigenvalue weighted by Crippen LogP contribution is -2.25. The number of benzene rings is 1. The van der Waals surface area contributed by atoms with Gasteiger partial charge in [-0.3, -0.25) is 0 Å². The molecule has 1 aromatic carbocycles. The number of rotatable bonds is 6. The first-order valence-corrected chi connectivity index (χ1v) is 6.56. The highest BCUT2D eigenvalue weighted by molar-refractivity contribution is 5.58. The van der Waals surface area contributed by atoms with Gasteiger partial charge in [-0.1, -0.05) is 49.3 Å². The Kier molecular flexibility index (Phi) is 4.53. The second kappa shape index (κ2) is 6.36. The van der Waals surface area contributed by atoms with Gasteiger partial charge in [0.15, 0.2) is 0 Å². The fraction of sp³-hybridized carbons (Fsp3) is 0.400. The summed E-state index contributed by atoms with van der Waals surface area (Å²) in [7, 11) is 0. The van der Waals surface area contributed by atoms with Crippen molar-refractivity contribution in [3.8, 4) is 11.3 Å². The normalized spacial score (nSPS) is 11.1. The highest BCUT2D eigenvalue weighted by atomic mass is 16.5. The summed E-state index contributed by atoms with van der Waals surface area (Å²) in [6.45, 7) is 7.54. The third-order valence-electron chi connectivity index (χ3n) is 3.20. The topological polar surface area (TPSA) is 29.3 Å². The maximum Gasteiger partial charge on any atom is 0.138 e. The van der Waals surface area contributed by atoms with Crippen molar-refractivity contribution in [1.82, 2.24) is 10.1 Å². The molecule has 3 heteroatoms. The van der Waals surface area contributed by atoms with Gasteiger partial charge in [-0.15, -0.1) is 0 Å². The molecule has 3 nitrogen and oxygen atoms in total. The first kappa shape index (κ1) is 12.8. The van der Waals surface area contributed by atoms with Gasteiger partial charge < -0.3 is 9.42 Å². The Balaban J connectivity index is 1.98. The lowest BCUT2D eigenvalue weighted by atomic mass is 10.1. The molecule has 0 aliphatic carbocycles. The molecule has 0 atom stereocenters. The minimum atomic E-state index is 0.918. The van der Waals surface area contributed by atoms with Gasteiger partial charge in [0.1, 0.15) is 11.5 Å². The Bertz CT molecular complexity index is 460. The molecule has 0 N–H and O–H groups in total. The summed E-state index contributed by atoms with van der Waals surface area (Å²) in [5, 5.41) is 4.12. The van der Waals surface area contributed by atoms with E-state index in [-0.39, 0.29) is 0 Å². The Hall–Kier alpha value is -1.61. The highest BCUT2D eigenvalue weighted by Crippen LogP contribution is 2.18. The lowest BCUT2D eigenvalue weighted by molar-refractivity contribution is 0.290. The number of hydrogen-bond donors (Lipinski definition) is 0. The summed E-state index contributed by atoms with van der Waals surface area (Å²) in [6.07, 6.45) is 0.918. The van der Waals surface area contributed by atoms with Crippen LogP contribution < -0.4 is 0 Å². The van der Waals surface area contributed by atoms with Crippen molar-refractivity contribution in [2.24, 2.45) is 0 Å². The van der Waals surface area contributed by atoms with Gasteiger partial charge in [0.2, 0.25) is 0 Å². The van der Waals surface area contributed by atoms with Crippen LogP contribution in [0.1, 0.15) is 19.6 Å². The molecule has 0 saturated heterocycles. The van der Waals surface area contributed by atoms with E-state index in [4.69, 9.17) is 4.52 Å². The van der Waals surface area contributed by atoms with E-state index in [2.05, 4.69) is 23.9 Å². The second-order valence-corrected chi connectivity index (χ2v) is 4.32. The zero-order valence-corrected chi connectivity index (χ0v) is 11.1. The molecule has 1 heterocycles. The van der Waals surface area contributed by atoms with Crippen LogP contribution >= 0.6 is 0 Å². The van der Waals surface area contributed by atoms with E-state index >= 15 is 0 Å². The first-order chi connectivity index (χ1) is 8.83. The fourth-order valence-corrected chi connectivity index (χ4v) is 1.98. The third-order valence-corrected chi connectivity index (χ3v) is 3.20. The third kappa shape index (κ3) is 3.20. The van der Waals surface area contributed by atoms with Gasteiger partial charge in [0.25, 0.3) is 0 Å². The number of likely N-dealkylation sites (N-methyl/N-ethyl adjacent to an activating group) is 1. The van der Waals surface area contributed by atoms with E-state index in [1.807, 2.05) is 36.4 Å². The van der Waals surface area contributed by atoms with E-state index in [9.17, 15) is 0 Å². The molecule has 0 radical (unpaired) electrons. The highest BCUT2D eigenvalue weighted by Gasteiger charge is 2.07. The molecule has 0 saturated carbocycles. The van der Waals surface area contributed by atoms with Crippen molar-refractivity contribution in [2.75, 3.05) is 19.6 Å². The molecule has 96 valence electrons. The van der Waals surface area contributed by atoms with Crippen molar-refractivity contribution in [2.45, 2.75) is 20.3 Å². The second-order valence-electron chi connectivity index (χ2n) is 4.32. The molecule has 0 aliphatic rings. The number of hydrogen-bond acceptors (Lipinski definition) is 3. The van der Waals surface area contributed by atoms with Gasteiger partial charge in [-0.25, -0.2) is 0 Å². The lowest BCUT2D eigenvalue weighted by Gasteiger charge is -2.16. The zero-order chi connectivity index (χ0) is 12.8. The Labute approximate surface area is 108 Å². The molecular weight excluding hydrogens is 224 g/mol. The maximum atomic E-state index is 5.38. The summed E-state index contributed by atoms with van der Waals surface area (Å²) in [6, 6.07) is 12.2. The molecule has 2 aromatic rings. The van der Waals surface area contributed by atoms with Gasteiger partial charge >= 0.3 is 0 Å². The SMILES string of the molecule is CCN(CC)CCc1cc(-c2ccccc2)no1. The van der Waals surface area contributed by atoms with E-state index in [0.717, 1.165) is 43.1 Å². The molecule has 18 heavy (non-hydrogen) atoms. The van der Waals surface area contributed by atoms with Crippen LogP contribution in [0.3, 0.4) is 0 Å². The van der Waals surface area contributed by atoms with Crippen LogP contribution in [0.2, 0.25) is 0 Å². The maximum absolute atomic E-state index is 5.38. The smallest absolute Gasteiger partial charge is 0.138 e. The first-order valence-electron chi connectivity index (χ1n) is 6.56. The molecule has 1 aromatic heterocycles. The minimum Gasteiger partial charge on any atom is -0.361 e. The van der Waals surface area contributed by atoms with Gasteiger partial charge in [-0.2, -0.15) is 0 Å². The van der Waals surface area contributed by atoms with E-state index in [1.165, 1.54) is 0 Å². The Morgan fingerprint density at radius 1 is 1.11 bits per heavy atom. The average Bonchev–Trinajstić information content (AvgIpc) is 2.90. The van der Waals surface area contributed by atoms with Gasteiger partial charge in [-0.05, 0) is 13.1 Å². The summed E-state index contributed by atoms with van der Waals surface area (Å²) in [4.78, 5) is 2.38. The van der Waals surface area contributed by atoms with Crippen molar-refractivity contribution in [1.29, 1.82) is 0 Å². The minimum absolute atomic E-state index is 0.918. The molecule has 0 fully saturated rings. The molecule has 0 bridgehead atoms. The van der Waals surface area contributed by atoms with Gasteiger partial charge in [0.05, 0.1) is 0 Å². The van der Waals surface area contributed by atoms with Crippen LogP contribution in [0.4, 0.5) is 0 Å². The van der Waals surface area contributed by atoms with Gasteiger partial charge in [0, 0.05) is 24.6 Å². The van der Waals surface area contributed by atoms with Crippen molar-refractivity contribution in [3.05, 3.63) is 42.2 Å².